The summed E-state index contributed by atoms with van der Waals surface area (Å²) in [5.74, 6) is 0. The lowest BCUT2D eigenvalue weighted by Gasteiger charge is -2.39. The van der Waals surface area contributed by atoms with Crippen LogP contribution in [0.15, 0.2) is 30.3 Å². The normalized spacial score (nSPS) is 27.9. The summed E-state index contributed by atoms with van der Waals surface area (Å²) in [6.45, 7) is 5.08. The molecule has 0 saturated carbocycles. The van der Waals surface area contributed by atoms with Crippen LogP contribution >= 0.6 is 0 Å². The first-order chi connectivity index (χ1) is 9.31. The molecule has 1 unspecified atom stereocenters. The van der Waals surface area contributed by atoms with Gasteiger partial charge in [0.15, 0.2) is 0 Å². The maximum atomic E-state index is 10.7. The minimum atomic E-state index is 0.414. The summed E-state index contributed by atoms with van der Waals surface area (Å²) < 4.78 is 0. The molecule has 0 N–H and O–H groups in total. The maximum absolute atomic E-state index is 10.7. The molecular weight excluding hydrogens is 236 g/mol. The van der Waals surface area contributed by atoms with Crippen molar-refractivity contribution in [3.63, 3.8) is 0 Å². The summed E-state index contributed by atoms with van der Waals surface area (Å²) >= 11 is 0. The standard InChI is InChI=1S/C16H22N2O/c19-12-11-17-9-4-7-16(13-17)8-10-18(14-16)15-5-2-1-3-6-15/h1-3,5-6,12H,4,7-11,13-14H2. The fraction of sp³-hybridized carbons (Fsp3) is 0.562. The van der Waals surface area contributed by atoms with Gasteiger partial charge >= 0.3 is 0 Å². The summed E-state index contributed by atoms with van der Waals surface area (Å²) in [5, 5.41) is 0. The number of carbonyl (C=O) groups is 1. The van der Waals surface area contributed by atoms with Crippen molar-refractivity contribution in [2.75, 3.05) is 37.6 Å². The average Bonchev–Trinajstić information content (AvgIpc) is 2.84. The van der Waals surface area contributed by atoms with Crippen molar-refractivity contribution in [2.45, 2.75) is 19.3 Å². The zero-order valence-corrected chi connectivity index (χ0v) is 11.4. The van der Waals surface area contributed by atoms with Crippen LogP contribution in [0, 0.1) is 5.41 Å². The lowest BCUT2D eigenvalue weighted by Crippen LogP contribution is -2.45. The van der Waals surface area contributed by atoms with E-state index in [4.69, 9.17) is 0 Å². The van der Waals surface area contributed by atoms with E-state index in [1.807, 2.05) is 0 Å². The highest BCUT2D eigenvalue weighted by Gasteiger charge is 2.41. The van der Waals surface area contributed by atoms with E-state index in [1.54, 1.807) is 0 Å². The molecule has 2 aliphatic rings. The van der Waals surface area contributed by atoms with Crippen molar-refractivity contribution in [3.05, 3.63) is 30.3 Å². The molecule has 102 valence electrons. The number of nitrogens with zero attached hydrogens (tertiary/aromatic N) is 2. The van der Waals surface area contributed by atoms with E-state index in [2.05, 4.69) is 40.1 Å². The highest BCUT2D eigenvalue weighted by Crippen LogP contribution is 2.40. The highest BCUT2D eigenvalue weighted by atomic mass is 16.1. The summed E-state index contributed by atoms with van der Waals surface area (Å²) in [6.07, 6.45) is 4.85. The van der Waals surface area contributed by atoms with E-state index < -0.39 is 0 Å². The molecule has 1 aromatic carbocycles. The number of piperidine rings is 1. The Hall–Kier alpha value is -1.35. The van der Waals surface area contributed by atoms with Gasteiger partial charge in [0.25, 0.3) is 0 Å². The van der Waals surface area contributed by atoms with E-state index in [-0.39, 0.29) is 0 Å². The number of rotatable bonds is 3. The minimum absolute atomic E-state index is 0.414. The third-order valence-corrected chi connectivity index (χ3v) is 4.63. The summed E-state index contributed by atoms with van der Waals surface area (Å²) in [7, 11) is 0. The first-order valence-electron chi connectivity index (χ1n) is 7.27. The molecular formula is C16H22N2O. The number of para-hydroxylation sites is 1. The quantitative estimate of drug-likeness (QED) is 0.776. The van der Waals surface area contributed by atoms with Gasteiger partial charge in [-0.25, -0.2) is 0 Å². The van der Waals surface area contributed by atoms with Crippen LogP contribution in [0.4, 0.5) is 5.69 Å². The smallest absolute Gasteiger partial charge is 0.133 e. The largest absolute Gasteiger partial charge is 0.371 e. The predicted molar refractivity (Wildman–Crippen MR) is 77.4 cm³/mol. The second kappa shape index (κ2) is 5.33. The molecule has 2 heterocycles. The Kier molecular flexibility index (Phi) is 3.56. The number of likely N-dealkylation sites (tertiary alicyclic amines) is 1. The molecule has 19 heavy (non-hydrogen) atoms. The first kappa shape index (κ1) is 12.7. The third-order valence-electron chi connectivity index (χ3n) is 4.63. The van der Waals surface area contributed by atoms with E-state index in [0.29, 0.717) is 12.0 Å². The van der Waals surface area contributed by atoms with Gasteiger partial charge < -0.3 is 9.69 Å². The number of benzene rings is 1. The van der Waals surface area contributed by atoms with Crippen molar-refractivity contribution in [2.24, 2.45) is 5.41 Å². The second-order valence-corrected chi connectivity index (χ2v) is 6.01. The summed E-state index contributed by atoms with van der Waals surface area (Å²) in [5.41, 5.74) is 1.75. The highest BCUT2D eigenvalue weighted by molar-refractivity contribution is 5.52. The van der Waals surface area contributed by atoms with Gasteiger partial charge in [0.05, 0.1) is 6.54 Å². The van der Waals surface area contributed by atoms with Crippen molar-refractivity contribution in [1.29, 1.82) is 0 Å². The molecule has 0 radical (unpaired) electrons. The average molecular weight is 258 g/mol. The topological polar surface area (TPSA) is 23.6 Å². The molecule has 3 rings (SSSR count). The van der Waals surface area contributed by atoms with Gasteiger partial charge in [-0.1, -0.05) is 18.2 Å². The van der Waals surface area contributed by atoms with Gasteiger partial charge in [-0.05, 0) is 37.9 Å². The fourth-order valence-electron chi connectivity index (χ4n) is 3.70. The lowest BCUT2D eigenvalue weighted by molar-refractivity contribution is -0.109. The Morgan fingerprint density at radius 2 is 1.95 bits per heavy atom. The molecule has 2 fully saturated rings. The van der Waals surface area contributed by atoms with Crippen LogP contribution in [0.2, 0.25) is 0 Å². The van der Waals surface area contributed by atoms with E-state index in [0.717, 1.165) is 32.5 Å². The zero-order valence-electron chi connectivity index (χ0n) is 11.4. The Labute approximate surface area is 115 Å². The molecule has 3 heteroatoms. The molecule has 1 atom stereocenters. The Bertz CT molecular complexity index is 434. The SMILES string of the molecule is O=CCN1CCCC2(CCN(c3ccccc3)C2)C1. The molecule has 0 aromatic heterocycles. The van der Waals surface area contributed by atoms with Gasteiger partial charge in [0.1, 0.15) is 6.29 Å². The maximum Gasteiger partial charge on any atom is 0.133 e. The number of hydrogen-bond acceptors (Lipinski definition) is 3. The van der Waals surface area contributed by atoms with Crippen molar-refractivity contribution in [1.82, 2.24) is 4.90 Å². The lowest BCUT2D eigenvalue weighted by atomic mass is 9.79. The van der Waals surface area contributed by atoms with Gasteiger partial charge in [-0.15, -0.1) is 0 Å². The Morgan fingerprint density at radius 1 is 1.11 bits per heavy atom. The predicted octanol–water partition coefficient (Wildman–Crippen LogP) is 2.18. The van der Waals surface area contributed by atoms with Crippen LogP contribution in [-0.2, 0) is 4.79 Å². The molecule has 0 bridgehead atoms. The summed E-state index contributed by atoms with van der Waals surface area (Å²) in [6, 6.07) is 10.7. The number of carbonyl (C=O) groups excluding carboxylic acids is 1. The fourth-order valence-corrected chi connectivity index (χ4v) is 3.70. The Balaban J connectivity index is 1.69. The van der Waals surface area contributed by atoms with E-state index >= 15 is 0 Å². The van der Waals surface area contributed by atoms with Crippen LogP contribution in [0.25, 0.3) is 0 Å². The van der Waals surface area contributed by atoms with Crippen molar-refractivity contribution in [3.8, 4) is 0 Å². The number of anilines is 1. The minimum Gasteiger partial charge on any atom is -0.371 e. The molecule has 3 nitrogen and oxygen atoms in total. The van der Waals surface area contributed by atoms with Gasteiger partial charge in [-0.2, -0.15) is 0 Å². The molecule has 0 aliphatic carbocycles. The van der Waals surface area contributed by atoms with Gasteiger partial charge in [0.2, 0.25) is 0 Å². The molecule has 2 aliphatic heterocycles. The van der Waals surface area contributed by atoms with Crippen LogP contribution in [0.5, 0.6) is 0 Å². The van der Waals surface area contributed by atoms with Crippen LogP contribution in [0.3, 0.4) is 0 Å². The van der Waals surface area contributed by atoms with Crippen LogP contribution in [-0.4, -0.2) is 43.9 Å². The van der Waals surface area contributed by atoms with Crippen molar-refractivity contribution >= 4 is 12.0 Å². The van der Waals surface area contributed by atoms with E-state index in [1.165, 1.54) is 24.9 Å². The van der Waals surface area contributed by atoms with E-state index in [9.17, 15) is 4.79 Å². The third kappa shape index (κ3) is 2.66. The number of aldehydes is 1. The van der Waals surface area contributed by atoms with Crippen LogP contribution < -0.4 is 4.90 Å². The molecule has 0 amide bonds. The molecule has 1 spiro atoms. The zero-order chi connectivity index (χ0) is 13.1. The second-order valence-electron chi connectivity index (χ2n) is 6.01. The van der Waals surface area contributed by atoms with Gasteiger partial charge in [0, 0.05) is 30.7 Å². The number of hydrogen-bond donors (Lipinski definition) is 0. The molecule has 2 saturated heterocycles. The Morgan fingerprint density at radius 3 is 2.74 bits per heavy atom. The summed E-state index contributed by atoms with van der Waals surface area (Å²) in [4.78, 5) is 15.5. The monoisotopic (exact) mass is 258 g/mol. The van der Waals surface area contributed by atoms with Gasteiger partial charge in [-0.3, -0.25) is 4.90 Å². The van der Waals surface area contributed by atoms with Crippen LogP contribution in [0.1, 0.15) is 19.3 Å². The first-order valence-corrected chi connectivity index (χ1v) is 7.27. The molecule has 1 aromatic rings. The van der Waals surface area contributed by atoms with Crippen molar-refractivity contribution < 1.29 is 4.79 Å².